The zero-order chi connectivity index (χ0) is 19.7. The smallest absolute Gasteiger partial charge is 0.263 e. The minimum absolute atomic E-state index is 0.0846. The molecule has 2 N–H and O–H groups in total. The van der Waals surface area contributed by atoms with Crippen LogP contribution < -0.4 is 10.6 Å². The van der Waals surface area contributed by atoms with E-state index in [4.69, 9.17) is 0 Å². The number of rotatable bonds is 5. The minimum atomic E-state index is -0.147. The van der Waals surface area contributed by atoms with Gasteiger partial charge in [0.2, 0.25) is 0 Å². The molecular weight excluding hydrogens is 374 g/mol. The Kier molecular flexibility index (Phi) is 4.95. The van der Waals surface area contributed by atoms with Gasteiger partial charge in [-0.05, 0) is 19.4 Å². The van der Waals surface area contributed by atoms with E-state index in [1.54, 1.807) is 10.9 Å². The topological polar surface area (TPSA) is 88.9 Å². The van der Waals surface area contributed by atoms with Gasteiger partial charge in [0, 0.05) is 13.0 Å². The average molecular weight is 395 g/mol. The fourth-order valence-electron chi connectivity index (χ4n) is 3.44. The summed E-state index contributed by atoms with van der Waals surface area (Å²) in [4.78, 5) is 30.1. The molecule has 2 aromatic heterocycles. The number of benzene rings is 1. The van der Waals surface area contributed by atoms with Crippen LogP contribution in [0.5, 0.6) is 0 Å². The Labute approximate surface area is 166 Å². The van der Waals surface area contributed by atoms with Crippen LogP contribution in [0.4, 0.5) is 0 Å². The molecule has 0 aliphatic carbocycles. The number of fused-ring (bicyclic) bond motifs is 1. The predicted molar refractivity (Wildman–Crippen MR) is 106 cm³/mol. The van der Waals surface area contributed by atoms with Crippen LogP contribution >= 0.6 is 11.3 Å². The largest absolute Gasteiger partial charge is 0.348 e. The Morgan fingerprint density at radius 1 is 1.21 bits per heavy atom. The Bertz CT molecular complexity index is 1020. The second-order valence-electron chi connectivity index (χ2n) is 6.88. The third-order valence-electron chi connectivity index (χ3n) is 4.77. The maximum atomic E-state index is 12.6. The highest BCUT2D eigenvalue weighted by atomic mass is 32.1. The lowest BCUT2D eigenvalue weighted by molar-refractivity contribution is 0.0937. The molecule has 1 unspecified atom stereocenters. The van der Waals surface area contributed by atoms with Crippen LogP contribution in [0.25, 0.3) is 0 Å². The number of thiazole rings is 1. The third kappa shape index (κ3) is 3.68. The first kappa shape index (κ1) is 18.4. The number of amides is 2. The monoisotopic (exact) mass is 395 g/mol. The highest BCUT2D eigenvalue weighted by Crippen LogP contribution is 2.21. The second kappa shape index (κ2) is 7.55. The summed E-state index contributed by atoms with van der Waals surface area (Å²) in [6.07, 6.45) is 2.18. The molecule has 8 heteroatoms. The summed E-state index contributed by atoms with van der Waals surface area (Å²) in [6, 6.07) is 9.68. The number of hydrogen-bond acceptors (Lipinski definition) is 5. The van der Waals surface area contributed by atoms with Gasteiger partial charge in [0.15, 0.2) is 0 Å². The van der Waals surface area contributed by atoms with Gasteiger partial charge in [-0.15, -0.1) is 11.3 Å². The van der Waals surface area contributed by atoms with E-state index in [9.17, 15) is 9.59 Å². The van der Waals surface area contributed by atoms with Crippen molar-refractivity contribution in [3.05, 3.63) is 68.9 Å². The first-order valence-electron chi connectivity index (χ1n) is 9.13. The van der Waals surface area contributed by atoms with Crippen LogP contribution in [0.1, 0.15) is 42.0 Å². The number of aromatic nitrogens is 3. The van der Waals surface area contributed by atoms with Crippen molar-refractivity contribution in [2.45, 2.75) is 39.4 Å². The normalized spacial score (nSPS) is 15.3. The third-order valence-corrected chi connectivity index (χ3v) is 5.84. The molecule has 144 valence electrons. The summed E-state index contributed by atoms with van der Waals surface area (Å²) >= 11 is 1.39. The zero-order valence-corrected chi connectivity index (χ0v) is 16.5. The highest BCUT2D eigenvalue weighted by Gasteiger charge is 2.29. The Balaban J connectivity index is 1.39. The fourth-order valence-corrected chi connectivity index (χ4v) is 4.27. The summed E-state index contributed by atoms with van der Waals surface area (Å²) in [5.74, 6) is -0.264. The number of nitrogens with one attached hydrogen (secondary N) is 2. The number of aryl methyl sites for hydroxylation is 2. The standard InChI is InChI=1S/C20H21N5O2S/c1-12-18(28-13(2)23-12)20(27)24-15-8-17-16(10-22-25(17)11-15)19(26)21-9-14-6-4-3-5-7-14/h3-7,10,15H,8-9,11H2,1-2H3,(H,21,26)(H,24,27). The molecule has 0 bridgehead atoms. The minimum Gasteiger partial charge on any atom is -0.348 e. The van der Waals surface area contributed by atoms with Crippen molar-refractivity contribution >= 4 is 23.2 Å². The van der Waals surface area contributed by atoms with E-state index in [-0.39, 0.29) is 17.9 Å². The molecule has 1 aromatic carbocycles. The van der Waals surface area contributed by atoms with Crippen molar-refractivity contribution in [2.24, 2.45) is 0 Å². The number of hydrogen-bond donors (Lipinski definition) is 2. The van der Waals surface area contributed by atoms with E-state index >= 15 is 0 Å². The summed E-state index contributed by atoms with van der Waals surface area (Å²) < 4.78 is 1.80. The lowest BCUT2D eigenvalue weighted by Crippen LogP contribution is -2.36. The number of carbonyl (C=O) groups is 2. The van der Waals surface area contributed by atoms with E-state index < -0.39 is 0 Å². The molecule has 1 aliphatic rings. The molecule has 0 fully saturated rings. The first-order valence-corrected chi connectivity index (χ1v) is 9.94. The first-order chi connectivity index (χ1) is 13.5. The van der Waals surface area contributed by atoms with E-state index in [0.29, 0.717) is 30.0 Å². The predicted octanol–water partition coefficient (Wildman–Crippen LogP) is 2.24. The second-order valence-corrected chi connectivity index (χ2v) is 8.08. The van der Waals surface area contributed by atoms with Crippen LogP contribution in [0.2, 0.25) is 0 Å². The van der Waals surface area contributed by atoms with Crippen molar-refractivity contribution in [3.63, 3.8) is 0 Å². The summed E-state index contributed by atoms with van der Waals surface area (Å²) in [5, 5.41) is 11.2. The summed E-state index contributed by atoms with van der Waals surface area (Å²) in [6.45, 7) is 4.76. The highest BCUT2D eigenvalue weighted by molar-refractivity contribution is 7.13. The summed E-state index contributed by atoms with van der Waals surface area (Å²) in [7, 11) is 0. The molecule has 0 radical (unpaired) electrons. The van der Waals surface area contributed by atoms with Crippen molar-refractivity contribution in [1.82, 2.24) is 25.4 Å². The average Bonchev–Trinajstić information content (AvgIpc) is 3.34. The van der Waals surface area contributed by atoms with Crippen molar-refractivity contribution in [3.8, 4) is 0 Å². The van der Waals surface area contributed by atoms with Gasteiger partial charge >= 0.3 is 0 Å². The fraction of sp³-hybridized carbons (Fsp3) is 0.300. The van der Waals surface area contributed by atoms with Crippen LogP contribution in [-0.2, 0) is 19.5 Å². The van der Waals surface area contributed by atoms with Crippen LogP contribution in [0, 0.1) is 13.8 Å². The molecule has 0 saturated heterocycles. The molecular formula is C20H21N5O2S. The molecule has 1 atom stereocenters. The maximum Gasteiger partial charge on any atom is 0.263 e. The summed E-state index contributed by atoms with van der Waals surface area (Å²) in [5.41, 5.74) is 3.21. The zero-order valence-electron chi connectivity index (χ0n) is 15.7. The quantitative estimate of drug-likeness (QED) is 0.693. The van der Waals surface area contributed by atoms with Gasteiger partial charge in [0.05, 0.1) is 40.7 Å². The van der Waals surface area contributed by atoms with Crippen molar-refractivity contribution in [2.75, 3.05) is 0 Å². The van der Waals surface area contributed by atoms with Crippen molar-refractivity contribution in [1.29, 1.82) is 0 Å². The van der Waals surface area contributed by atoms with Gasteiger partial charge in [0.1, 0.15) is 4.88 Å². The van der Waals surface area contributed by atoms with E-state index in [1.165, 1.54) is 11.3 Å². The maximum absolute atomic E-state index is 12.6. The van der Waals surface area contributed by atoms with E-state index in [2.05, 4.69) is 20.7 Å². The molecule has 7 nitrogen and oxygen atoms in total. The lowest BCUT2D eigenvalue weighted by Gasteiger charge is -2.11. The van der Waals surface area contributed by atoms with Crippen LogP contribution in [-0.4, -0.2) is 32.6 Å². The van der Waals surface area contributed by atoms with E-state index in [1.807, 2.05) is 44.2 Å². The molecule has 3 aromatic rings. The number of carbonyl (C=O) groups excluding carboxylic acids is 2. The number of nitrogens with zero attached hydrogens (tertiary/aromatic N) is 3. The van der Waals surface area contributed by atoms with Gasteiger partial charge in [-0.3, -0.25) is 14.3 Å². The molecule has 0 spiro atoms. The van der Waals surface area contributed by atoms with E-state index in [0.717, 1.165) is 22.0 Å². The van der Waals surface area contributed by atoms with Crippen molar-refractivity contribution < 1.29 is 9.59 Å². The Morgan fingerprint density at radius 2 is 2.00 bits per heavy atom. The van der Waals surface area contributed by atoms with Gasteiger partial charge in [-0.25, -0.2) is 4.98 Å². The van der Waals surface area contributed by atoms with Gasteiger partial charge in [0.25, 0.3) is 11.8 Å². The molecule has 4 rings (SSSR count). The molecule has 3 heterocycles. The van der Waals surface area contributed by atoms with Gasteiger partial charge in [-0.2, -0.15) is 5.10 Å². The van der Waals surface area contributed by atoms with Crippen LogP contribution in [0.15, 0.2) is 36.5 Å². The Hall–Kier alpha value is -3.00. The molecule has 2 amide bonds. The van der Waals surface area contributed by atoms with Gasteiger partial charge < -0.3 is 10.6 Å². The molecule has 0 saturated carbocycles. The Morgan fingerprint density at radius 3 is 2.71 bits per heavy atom. The molecule has 1 aliphatic heterocycles. The lowest BCUT2D eigenvalue weighted by atomic mass is 10.1. The van der Waals surface area contributed by atoms with Gasteiger partial charge in [-0.1, -0.05) is 30.3 Å². The molecule has 28 heavy (non-hydrogen) atoms. The SMILES string of the molecule is Cc1nc(C)c(C(=O)NC2Cc3c(C(=O)NCc4ccccc4)cnn3C2)s1. The van der Waals surface area contributed by atoms with Crippen LogP contribution in [0.3, 0.4) is 0 Å².